The molecule has 0 spiro atoms. The van der Waals surface area contributed by atoms with Crippen molar-refractivity contribution in [2.45, 2.75) is 13.1 Å². The van der Waals surface area contributed by atoms with E-state index in [-0.39, 0.29) is 0 Å². The monoisotopic (exact) mass is 322 g/mol. The predicted molar refractivity (Wildman–Crippen MR) is 89.1 cm³/mol. The standard InChI is InChI=1S/C13H22N8S/c1-14-12(20(4)7-11-16-9-17-21(11)5)15-6-10-8-22-13(18-10)19(2)3/h8-9H,6-7H2,1-5H3,(H,14,15). The van der Waals surface area contributed by atoms with E-state index < -0.39 is 0 Å². The molecular weight excluding hydrogens is 300 g/mol. The molecule has 0 aliphatic heterocycles. The van der Waals surface area contributed by atoms with Crippen LogP contribution in [0.5, 0.6) is 0 Å². The summed E-state index contributed by atoms with van der Waals surface area (Å²) in [6.07, 6.45) is 1.55. The number of hydrogen-bond acceptors (Lipinski definition) is 6. The summed E-state index contributed by atoms with van der Waals surface area (Å²) >= 11 is 1.63. The van der Waals surface area contributed by atoms with Crippen molar-refractivity contribution in [1.82, 2.24) is 30.0 Å². The Bertz CT molecular complexity index is 630. The van der Waals surface area contributed by atoms with Crippen LogP contribution in [0.3, 0.4) is 0 Å². The summed E-state index contributed by atoms with van der Waals surface area (Å²) in [4.78, 5) is 17.1. The van der Waals surface area contributed by atoms with E-state index in [4.69, 9.17) is 0 Å². The van der Waals surface area contributed by atoms with Crippen LogP contribution >= 0.6 is 11.3 Å². The minimum absolute atomic E-state index is 0.635. The van der Waals surface area contributed by atoms with Gasteiger partial charge < -0.3 is 15.1 Å². The molecule has 120 valence electrons. The highest BCUT2D eigenvalue weighted by Crippen LogP contribution is 2.17. The van der Waals surface area contributed by atoms with Crippen LogP contribution in [0, 0.1) is 0 Å². The van der Waals surface area contributed by atoms with Crippen LogP contribution in [-0.4, -0.2) is 58.8 Å². The molecule has 8 nitrogen and oxygen atoms in total. The lowest BCUT2D eigenvalue weighted by Gasteiger charge is -2.21. The van der Waals surface area contributed by atoms with Crippen molar-refractivity contribution < 1.29 is 0 Å². The molecule has 0 amide bonds. The summed E-state index contributed by atoms with van der Waals surface area (Å²) in [6.45, 7) is 1.27. The lowest BCUT2D eigenvalue weighted by molar-refractivity contribution is 0.448. The maximum absolute atomic E-state index is 4.55. The number of nitrogens with zero attached hydrogens (tertiary/aromatic N) is 7. The fraction of sp³-hybridized carbons (Fsp3) is 0.538. The van der Waals surface area contributed by atoms with Gasteiger partial charge in [-0.15, -0.1) is 11.3 Å². The quantitative estimate of drug-likeness (QED) is 0.640. The molecule has 0 unspecified atom stereocenters. The molecule has 2 heterocycles. The topological polar surface area (TPSA) is 74.5 Å². The first kappa shape index (κ1) is 16.2. The number of aromatic nitrogens is 4. The summed E-state index contributed by atoms with van der Waals surface area (Å²) < 4.78 is 1.76. The Morgan fingerprint density at radius 1 is 1.41 bits per heavy atom. The van der Waals surface area contributed by atoms with Gasteiger partial charge in [0.2, 0.25) is 0 Å². The van der Waals surface area contributed by atoms with E-state index in [0.29, 0.717) is 13.1 Å². The number of aliphatic imine (C=N–C) groups is 1. The van der Waals surface area contributed by atoms with E-state index >= 15 is 0 Å². The minimum atomic E-state index is 0.635. The minimum Gasteiger partial charge on any atom is -0.354 e. The zero-order valence-electron chi connectivity index (χ0n) is 13.6. The first-order valence-electron chi connectivity index (χ1n) is 6.87. The molecule has 0 aliphatic carbocycles. The molecular formula is C13H22N8S. The van der Waals surface area contributed by atoms with E-state index in [1.807, 2.05) is 38.0 Å². The van der Waals surface area contributed by atoms with Gasteiger partial charge >= 0.3 is 0 Å². The Balaban J connectivity index is 1.92. The lowest BCUT2D eigenvalue weighted by atomic mass is 10.4. The van der Waals surface area contributed by atoms with Gasteiger partial charge in [0.25, 0.3) is 0 Å². The number of rotatable bonds is 5. The van der Waals surface area contributed by atoms with E-state index in [1.165, 1.54) is 0 Å². The summed E-state index contributed by atoms with van der Waals surface area (Å²) in [5.74, 6) is 1.68. The van der Waals surface area contributed by atoms with Gasteiger partial charge in [0.05, 0.1) is 18.8 Å². The molecule has 2 rings (SSSR count). The third-order valence-corrected chi connectivity index (χ3v) is 4.16. The van der Waals surface area contributed by atoms with Crippen molar-refractivity contribution in [1.29, 1.82) is 0 Å². The largest absolute Gasteiger partial charge is 0.354 e. The van der Waals surface area contributed by atoms with E-state index in [9.17, 15) is 0 Å². The maximum atomic E-state index is 4.55. The summed E-state index contributed by atoms with van der Waals surface area (Å²) in [7, 11) is 9.59. The number of guanidine groups is 1. The highest BCUT2D eigenvalue weighted by Gasteiger charge is 2.11. The van der Waals surface area contributed by atoms with Gasteiger partial charge in [0.15, 0.2) is 11.1 Å². The van der Waals surface area contributed by atoms with Crippen molar-refractivity contribution in [3.8, 4) is 0 Å². The van der Waals surface area contributed by atoms with Crippen LogP contribution in [-0.2, 0) is 20.1 Å². The van der Waals surface area contributed by atoms with E-state index in [0.717, 1.165) is 22.6 Å². The van der Waals surface area contributed by atoms with Crippen molar-refractivity contribution >= 4 is 22.4 Å². The maximum Gasteiger partial charge on any atom is 0.194 e. The van der Waals surface area contributed by atoms with Gasteiger partial charge in [-0.1, -0.05) is 0 Å². The second-order valence-corrected chi connectivity index (χ2v) is 5.91. The summed E-state index contributed by atoms with van der Waals surface area (Å²) in [5, 5.41) is 10.4. The van der Waals surface area contributed by atoms with Crippen LogP contribution in [0.15, 0.2) is 16.7 Å². The second kappa shape index (κ2) is 7.21. The van der Waals surface area contributed by atoms with E-state index in [2.05, 4.69) is 30.8 Å². The van der Waals surface area contributed by atoms with Crippen molar-refractivity contribution in [2.75, 3.05) is 33.1 Å². The molecule has 0 saturated carbocycles. The van der Waals surface area contributed by atoms with Crippen LogP contribution < -0.4 is 10.2 Å². The van der Waals surface area contributed by atoms with Crippen LogP contribution in [0.2, 0.25) is 0 Å². The Morgan fingerprint density at radius 3 is 2.73 bits per heavy atom. The zero-order chi connectivity index (χ0) is 16.1. The van der Waals surface area contributed by atoms with Crippen LogP contribution in [0.4, 0.5) is 5.13 Å². The Kier molecular flexibility index (Phi) is 5.31. The van der Waals surface area contributed by atoms with Crippen molar-refractivity contribution in [2.24, 2.45) is 12.0 Å². The van der Waals surface area contributed by atoms with Gasteiger partial charge in [-0.2, -0.15) is 5.10 Å². The Morgan fingerprint density at radius 2 is 2.18 bits per heavy atom. The molecule has 0 aromatic carbocycles. The smallest absolute Gasteiger partial charge is 0.194 e. The zero-order valence-corrected chi connectivity index (χ0v) is 14.4. The SMILES string of the molecule is CN=C(NCc1csc(N(C)C)n1)N(C)Cc1ncnn1C. The predicted octanol–water partition coefficient (Wildman–Crippen LogP) is 0.545. The molecule has 0 aliphatic rings. The molecule has 0 fully saturated rings. The Labute approximate surface area is 134 Å². The highest BCUT2D eigenvalue weighted by molar-refractivity contribution is 7.13. The number of thiazole rings is 1. The van der Waals surface area contributed by atoms with Gasteiger partial charge in [0, 0.05) is 40.6 Å². The number of hydrogen-bond donors (Lipinski definition) is 1. The molecule has 0 bridgehead atoms. The van der Waals surface area contributed by atoms with Crippen LogP contribution in [0.1, 0.15) is 11.5 Å². The van der Waals surface area contributed by atoms with Crippen molar-refractivity contribution in [3.05, 3.63) is 23.2 Å². The fourth-order valence-corrected chi connectivity index (χ4v) is 2.65. The molecule has 0 saturated heterocycles. The van der Waals surface area contributed by atoms with Crippen molar-refractivity contribution in [3.63, 3.8) is 0 Å². The molecule has 2 aromatic heterocycles. The average molecular weight is 322 g/mol. The first-order valence-corrected chi connectivity index (χ1v) is 7.75. The fourth-order valence-electron chi connectivity index (χ4n) is 1.89. The lowest BCUT2D eigenvalue weighted by Crippen LogP contribution is -2.38. The highest BCUT2D eigenvalue weighted by atomic mass is 32.1. The molecule has 0 radical (unpaired) electrons. The van der Waals surface area contributed by atoms with Gasteiger partial charge in [-0.3, -0.25) is 9.67 Å². The first-order chi connectivity index (χ1) is 10.5. The molecule has 22 heavy (non-hydrogen) atoms. The molecule has 0 atom stereocenters. The van der Waals surface area contributed by atoms with E-state index in [1.54, 1.807) is 29.4 Å². The number of anilines is 1. The molecule has 2 aromatic rings. The molecule has 1 N–H and O–H groups in total. The second-order valence-electron chi connectivity index (χ2n) is 5.07. The average Bonchev–Trinajstić information content (AvgIpc) is 3.10. The van der Waals surface area contributed by atoms with Gasteiger partial charge in [-0.05, 0) is 0 Å². The number of aryl methyl sites for hydroxylation is 1. The third-order valence-electron chi connectivity index (χ3n) is 3.11. The summed E-state index contributed by atoms with van der Waals surface area (Å²) in [6, 6.07) is 0. The Hall–Kier alpha value is -2.16. The van der Waals surface area contributed by atoms with Crippen LogP contribution in [0.25, 0.3) is 0 Å². The molecule has 9 heteroatoms. The third kappa shape index (κ3) is 3.94. The number of nitrogens with one attached hydrogen (secondary N) is 1. The van der Waals surface area contributed by atoms with Gasteiger partial charge in [0.1, 0.15) is 12.2 Å². The summed E-state index contributed by atoms with van der Waals surface area (Å²) in [5.41, 5.74) is 1.00. The van der Waals surface area contributed by atoms with Gasteiger partial charge in [-0.25, -0.2) is 9.97 Å². The normalized spacial score (nSPS) is 11.6.